The number of aliphatic hydroxyl groups excluding tert-OH is 1. The number of aliphatic hydroxyl groups is 1. The molecule has 1 aromatic heterocycles. The van der Waals surface area contributed by atoms with Crippen LogP contribution in [0.25, 0.3) is 0 Å². The second kappa shape index (κ2) is 4.28. The van der Waals surface area contributed by atoms with E-state index >= 15 is 0 Å². The maximum Gasteiger partial charge on any atom is 0.280 e. The molecular formula is C8H8F2INO. The summed E-state index contributed by atoms with van der Waals surface area (Å²) in [7, 11) is 0. The highest BCUT2D eigenvalue weighted by molar-refractivity contribution is 14.1. The van der Waals surface area contributed by atoms with Gasteiger partial charge in [0.15, 0.2) is 0 Å². The highest BCUT2D eigenvalue weighted by atomic mass is 127. The van der Waals surface area contributed by atoms with Gasteiger partial charge in [-0.3, -0.25) is 0 Å². The minimum atomic E-state index is -2.58. The monoisotopic (exact) mass is 299 g/mol. The van der Waals surface area contributed by atoms with Crippen molar-refractivity contribution >= 4 is 22.6 Å². The van der Waals surface area contributed by atoms with Crippen molar-refractivity contribution in [2.75, 3.05) is 0 Å². The van der Waals surface area contributed by atoms with Crippen molar-refractivity contribution in [2.24, 2.45) is 0 Å². The lowest BCUT2D eigenvalue weighted by molar-refractivity contribution is 0.145. The van der Waals surface area contributed by atoms with Gasteiger partial charge in [-0.25, -0.2) is 13.8 Å². The largest absolute Gasteiger partial charge is 0.392 e. The van der Waals surface area contributed by atoms with Gasteiger partial charge in [-0.1, -0.05) is 0 Å². The van der Waals surface area contributed by atoms with E-state index in [1.165, 1.54) is 6.07 Å². The fraction of sp³-hybridized carbons (Fsp3) is 0.375. The van der Waals surface area contributed by atoms with E-state index in [0.29, 0.717) is 9.26 Å². The molecule has 0 radical (unpaired) electrons. The van der Waals surface area contributed by atoms with Gasteiger partial charge < -0.3 is 5.11 Å². The summed E-state index contributed by atoms with van der Waals surface area (Å²) in [6.45, 7) is 1.51. The van der Waals surface area contributed by atoms with E-state index in [2.05, 4.69) is 4.98 Å². The molecule has 13 heavy (non-hydrogen) atoms. The SMILES string of the molecule is Cc1c(CO)cc(C(F)F)nc1I. The lowest BCUT2D eigenvalue weighted by Gasteiger charge is -2.07. The fourth-order valence-electron chi connectivity index (χ4n) is 0.925. The molecule has 0 unspecified atom stereocenters. The molecule has 0 aromatic carbocycles. The number of halogens is 3. The molecule has 0 amide bonds. The first-order chi connectivity index (χ1) is 6.06. The molecule has 0 saturated heterocycles. The average molecular weight is 299 g/mol. The van der Waals surface area contributed by atoms with Crippen molar-refractivity contribution in [1.29, 1.82) is 0 Å². The molecule has 0 aliphatic heterocycles. The van der Waals surface area contributed by atoms with Crippen LogP contribution in [0.5, 0.6) is 0 Å². The Labute approximate surface area is 88.1 Å². The van der Waals surface area contributed by atoms with Crippen LogP contribution in [0.2, 0.25) is 0 Å². The van der Waals surface area contributed by atoms with E-state index in [1.54, 1.807) is 6.92 Å². The second-order valence-electron chi connectivity index (χ2n) is 2.58. The zero-order valence-electron chi connectivity index (χ0n) is 6.89. The van der Waals surface area contributed by atoms with Crippen molar-refractivity contribution in [1.82, 2.24) is 4.98 Å². The summed E-state index contributed by atoms with van der Waals surface area (Å²) in [5, 5.41) is 8.87. The van der Waals surface area contributed by atoms with E-state index in [9.17, 15) is 8.78 Å². The van der Waals surface area contributed by atoms with Crippen LogP contribution in [-0.2, 0) is 6.61 Å². The molecule has 0 saturated carbocycles. The predicted octanol–water partition coefficient (Wildman–Crippen LogP) is 2.42. The predicted molar refractivity (Wildman–Crippen MR) is 52.6 cm³/mol. The number of hydrogen-bond donors (Lipinski definition) is 1. The number of rotatable bonds is 2. The zero-order chi connectivity index (χ0) is 10.0. The summed E-state index contributed by atoms with van der Waals surface area (Å²) in [6, 6.07) is 1.24. The normalized spacial score (nSPS) is 10.9. The van der Waals surface area contributed by atoms with E-state index in [0.717, 1.165) is 5.56 Å². The second-order valence-corrected chi connectivity index (χ2v) is 3.60. The van der Waals surface area contributed by atoms with Gasteiger partial charge in [0, 0.05) is 0 Å². The van der Waals surface area contributed by atoms with Crippen LogP contribution in [0.15, 0.2) is 6.07 Å². The molecule has 0 atom stereocenters. The smallest absolute Gasteiger partial charge is 0.280 e. The Morgan fingerprint density at radius 1 is 1.62 bits per heavy atom. The van der Waals surface area contributed by atoms with Crippen molar-refractivity contribution in [2.45, 2.75) is 20.0 Å². The van der Waals surface area contributed by atoms with Gasteiger partial charge in [0.1, 0.15) is 9.39 Å². The summed E-state index contributed by atoms with van der Waals surface area (Å²) in [6.07, 6.45) is -2.58. The van der Waals surface area contributed by atoms with Gasteiger partial charge in [0.2, 0.25) is 0 Å². The molecule has 72 valence electrons. The van der Waals surface area contributed by atoms with E-state index in [4.69, 9.17) is 5.11 Å². The summed E-state index contributed by atoms with van der Waals surface area (Å²) in [4.78, 5) is 3.71. The van der Waals surface area contributed by atoms with Crippen LogP contribution in [0, 0.1) is 10.6 Å². The Morgan fingerprint density at radius 2 is 2.23 bits per heavy atom. The van der Waals surface area contributed by atoms with Crippen LogP contribution < -0.4 is 0 Å². The van der Waals surface area contributed by atoms with Crippen LogP contribution in [-0.4, -0.2) is 10.1 Å². The van der Waals surface area contributed by atoms with Gasteiger partial charge in [-0.15, -0.1) is 0 Å². The Hall–Kier alpha value is -0.300. The zero-order valence-corrected chi connectivity index (χ0v) is 9.05. The summed E-state index contributed by atoms with van der Waals surface area (Å²) in [5.41, 5.74) is 0.987. The molecule has 0 aliphatic rings. The van der Waals surface area contributed by atoms with E-state index in [-0.39, 0.29) is 12.3 Å². The van der Waals surface area contributed by atoms with Gasteiger partial charge in [-0.05, 0) is 46.7 Å². The minimum absolute atomic E-state index is 0.232. The third-order valence-electron chi connectivity index (χ3n) is 1.73. The van der Waals surface area contributed by atoms with E-state index in [1.807, 2.05) is 22.6 Å². The Bertz CT molecular complexity index is 317. The molecule has 0 fully saturated rings. The molecule has 0 bridgehead atoms. The van der Waals surface area contributed by atoms with Crippen LogP contribution in [0.4, 0.5) is 8.78 Å². The molecule has 1 N–H and O–H groups in total. The number of pyridine rings is 1. The third kappa shape index (κ3) is 2.34. The number of hydrogen-bond acceptors (Lipinski definition) is 2. The van der Waals surface area contributed by atoms with Crippen molar-refractivity contribution in [3.8, 4) is 0 Å². The molecule has 1 rings (SSSR count). The summed E-state index contributed by atoms with van der Waals surface area (Å²) >= 11 is 1.88. The fourth-order valence-corrected chi connectivity index (χ4v) is 1.55. The molecule has 1 aromatic rings. The van der Waals surface area contributed by atoms with Crippen molar-refractivity contribution in [3.05, 3.63) is 26.6 Å². The standard InChI is InChI=1S/C8H8F2INO/c1-4-5(3-13)2-6(7(9)10)12-8(4)11/h2,7,13H,3H2,1H3. The maximum atomic E-state index is 12.2. The molecule has 0 aliphatic carbocycles. The highest BCUT2D eigenvalue weighted by Gasteiger charge is 2.13. The number of aromatic nitrogens is 1. The quantitative estimate of drug-likeness (QED) is 0.672. The van der Waals surface area contributed by atoms with Crippen LogP contribution in [0.3, 0.4) is 0 Å². The number of nitrogens with zero attached hydrogens (tertiary/aromatic N) is 1. The molecular weight excluding hydrogens is 291 g/mol. The molecule has 5 heteroatoms. The maximum absolute atomic E-state index is 12.2. The number of alkyl halides is 2. The Morgan fingerprint density at radius 3 is 2.69 bits per heavy atom. The molecule has 1 heterocycles. The summed E-state index contributed by atoms with van der Waals surface area (Å²) < 4.78 is 25.0. The topological polar surface area (TPSA) is 33.1 Å². The van der Waals surface area contributed by atoms with Crippen molar-refractivity contribution in [3.63, 3.8) is 0 Å². The van der Waals surface area contributed by atoms with Crippen molar-refractivity contribution < 1.29 is 13.9 Å². The average Bonchev–Trinajstić information content (AvgIpc) is 2.09. The van der Waals surface area contributed by atoms with E-state index < -0.39 is 6.43 Å². The molecule has 0 spiro atoms. The third-order valence-corrected chi connectivity index (χ3v) is 2.78. The lowest BCUT2D eigenvalue weighted by atomic mass is 10.1. The van der Waals surface area contributed by atoms with Crippen LogP contribution >= 0.6 is 22.6 Å². The highest BCUT2D eigenvalue weighted by Crippen LogP contribution is 2.22. The van der Waals surface area contributed by atoms with Gasteiger partial charge in [-0.2, -0.15) is 0 Å². The molecule has 2 nitrogen and oxygen atoms in total. The lowest BCUT2D eigenvalue weighted by Crippen LogP contribution is -2.00. The summed E-state index contributed by atoms with van der Waals surface area (Å²) in [5.74, 6) is 0. The first kappa shape index (κ1) is 10.8. The van der Waals surface area contributed by atoms with Crippen LogP contribution in [0.1, 0.15) is 23.2 Å². The Balaban J connectivity index is 3.22. The first-order valence-corrected chi connectivity index (χ1v) is 4.69. The minimum Gasteiger partial charge on any atom is -0.392 e. The Kier molecular flexibility index (Phi) is 3.55. The van der Waals surface area contributed by atoms with Gasteiger partial charge in [0.05, 0.1) is 6.61 Å². The van der Waals surface area contributed by atoms with Gasteiger partial charge >= 0.3 is 0 Å². The first-order valence-electron chi connectivity index (χ1n) is 3.61. The van der Waals surface area contributed by atoms with Gasteiger partial charge in [0.25, 0.3) is 6.43 Å².